The predicted octanol–water partition coefficient (Wildman–Crippen LogP) is 0.712. The fourth-order valence-electron chi connectivity index (χ4n) is 1.43. The number of hydrogen-bond acceptors (Lipinski definition) is 7. The number of rotatable bonds is 5. The van der Waals surface area contributed by atoms with E-state index in [1.54, 1.807) is 0 Å². The molecule has 1 amide bonds. The Hall–Kier alpha value is -2.55. The molecule has 1 aromatic carbocycles. The number of nitrogens with one attached hydrogen (secondary N) is 1. The number of nitrogens with two attached hydrogens (primary N) is 1. The van der Waals surface area contributed by atoms with Gasteiger partial charge in [0.2, 0.25) is 0 Å². The first-order valence-corrected chi connectivity index (χ1v) is 5.07. The van der Waals surface area contributed by atoms with E-state index in [1.807, 2.05) is 0 Å². The fraction of sp³-hybridized carbons (Fsp3) is 0.300. The van der Waals surface area contributed by atoms with Crippen molar-refractivity contribution in [3.8, 4) is 11.5 Å². The van der Waals surface area contributed by atoms with Crippen molar-refractivity contribution in [2.24, 2.45) is 5.90 Å². The summed E-state index contributed by atoms with van der Waals surface area (Å²) < 4.78 is 10.00. The number of nitro groups is 1. The molecule has 1 rings (SSSR count). The molecule has 0 saturated carbocycles. The minimum Gasteiger partial charge on any atom is -0.493 e. The molecule has 0 unspecified atom stereocenters. The first-order valence-electron chi connectivity index (χ1n) is 5.07. The molecule has 0 aromatic heterocycles. The Bertz CT molecular complexity index is 490. The molecular formula is C10H13N3O6. The molecule has 104 valence electrons. The lowest BCUT2D eigenvalue weighted by Gasteiger charge is -2.10. The first kappa shape index (κ1) is 14.5. The molecule has 19 heavy (non-hydrogen) atoms. The van der Waals surface area contributed by atoms with Crippen molar-refractivity contribution in [2.75, 3.05) is 14.2 Å². The average Bonchev–Trinajstić information content (AvgIpc) is 2.43. The topological polar surface area (TPSA) is 126 Å². The van der Waals surface area contributed by atoms with Crippen LogP contribution in [0.25, 0.3) is 0 Å². The molecule has 0 heterocycles. The number of nitro benzene ring substituents is 1. The Labute approximate surface area is 108 Å². The van der Waals surface area contributed by atoms with E-state index in [1.165, 1.54) is 26.4 Å². The SMILES string of the molecule is COc1cc(CNC(=O)ON)c([N+](=O)[O-])cc1OC. The molecule has 0 radical (unpaired) electrons. The zero-order chi connectivity index (χ0) is 14.4. The molecule has 0 aliphatic rings. The minimum atomic E-state index is -0.899. The third-order valence-electron chi connectivity index (χ3n) is 2.31. The second-order valence-electron chi connectivity index (χ2n) is 3.35. The number of amides is 1. The van der Waals surface area contributed by atoms with Crippen LogP contribution >= 0.6 is 0 Å². The predicted molar refractivity (Wildman–Crippen MR) is 63.7 cm³/mol. The lowest BCUT2D eigenvalue weighted by molar-refractivity contribution is -0.385. The first-order chi connectivity index (χ1) is 9.03. The zero-order valence-electron chi connectivity index (χ0n) is 10.3. The Morgan fingerprint density at radius 1 is 1.37 bits per heavy atom. The molecule has 3 N–H and O–H groups in total. The van der Waals surface area contributed by atoms with E-state index >= 15 is 0 Å². The van der Waals surface area contributed by atoms with E-state index in [0.717, 1.165) is 0 Å². The molecule has 0 fully saturated rings. The van der Waals surface area contributed by atoms with Crippen LogP contribution in [0, 0.1) is 10.1 Å². The van der Waals surface area contributed by atoms with Gasteiger partial charge in [-0.25, -0.2) is 4.79 Å². The standard InChI is InChI=1S/C10H13N3O6/c1-17-8-3-6(5-12-10(14)19-11)7(13(15)16)4-9(8)18-2/h3-4H,5,11H2,1-2H3,(H,12,14). The minimum absolute atomic E-state index is 0.132. The van der Waals surface area contributed by atoms with Crippen LogP contribution in [-0.2, 0) is 11.4 Å². The maximum absolute atomic E-state index is 10.9. The molecule has 0 bridgehead atoms. The fourth-order valence-corrected chi connectivity index (χ4v) is 1.43. The van der Waals surface area contributed by atoms with Gasteiger partial charge in [0.15, 0.2) is 11.5 Å². The molecule has 0 spiro atoms. The van der Waals surface area contributed by atoms with E-state index in [4.69, 9.17) is 9.47 Å². The summed E-state index contributed by atoms with van der Waals surface area (Å²) in [5.41, 5.74) is 0.0167. The van der Waals surface area contributed by atoms with Crippen LogP contribution in [0.3, 0.4) is 0 Å². The van der Waals surface area contributed by atoms with Gasteiger partial charge >= 0.3 is 6.09 Å². The van der Waals surface area contributed by atoms with Crippen LogP contribution in [0.2, 0.25) is 0 Å². The summed E-state index contributed by atoms with van der Waals surface area (Å²) in [5.74, 6) is 5.18. The molecular weight excluding hydrogens is 258 g/mol. The van der Waals surface area contributed by atoms with Gasteiger partial charge in [0.05, 0.1) is 37.3 Å². The third-order valence-corrected chi connectivity index (χ3v) is 2.31. The van der Waals surface area contributed by atoms with E-state index in [-0.39, 0.29) is 23.5 Å². The summed E-state index contributed by atoms with van der Waals surface area (Å²) in [5, 5.41) is 13.2. The van der Waals surface area contributed by atoms with Crippen LogP contribution in [0.5, 0.6) is 11.5 Å². The molecule has 0 aliphatic heterocycles. The number of methoxy groups -OCH3 is 2. The lowest BCUT2D eigenvalue weighted by Crippen LogP contribution is -2.26. The van der Waals surface area contributed by atoms with Crippen molar-refractivity contribution >= 4 is 11.8 Å². The van der Waals surface area contributed by atoms with Crippen LogP contribution in [0.4, 0.5) is 10.5 Å². The van der Waals surface area contributed by atoms with Gasteiger partial charge in [0, 0.05) is 0 Å². The molecule has 0 saturated heterocycles. The lowest BCUT2D eigenvalue weighted by atomic mass is 10.1. The summed E-state index contributed by atoms with van der Waals surface area (Å²) >= 11 is 0. The maximum Gasteiger partial charge on any atom is 0.426 e. The molecule has 9 nitrogen and oxygen atoms in total. The second kappa shape index (κ2) is 6.40. The highest BCUT2D eigenvalue weighted by molar-refractivity contribution is 5.67. The molecule has 9 heteroatoms. The van der Waals surface area contributed by atoms with Crippen LogP contribution < -0.4 is 20.7 Å². The number of carbonyl (C=O) groups is 1. The summed E-state index contributed by atoms with van der Waals surface area (Å²) in [6, 6.07) is 2.61. The monoisotopic (exact) mass is 271 g/mol. The Balaban J connectivity index is 3.12. The number of hydrogen-bond donors (Lipinski definition) is 2. The molecule has 0 aliphatic carbocycles. The highest BCUT2D eigenvalue weighted by atomic mass is 16.7. The highest BCUT2D eigenvalue weighted by Crippen LogP contribution is 2.34. The van der Waals surface area contributed by atoms with E-state index in [0.29, 0.717) is 5.75 Å². The van der Waals surface area contributed by atoms with E-state index < -0.39 is 11.0 Å². The van der Waals surface area contributed by atoms with Crippen molar-refractivity contribution in [3.05, 3.63) is 27.8 Å². The maximum atomic E-state index is 10.9. The van der Waals surface area contributed by atoms with Crippen molar-refractivity contribution in [1.82, 2.24) is 5.32 Å². The van der Waals surface area contributed by atoms with Crippen LogP contribution in [0.15, 0.2) is 12.1 Å². The van der Waals surface area contributed by atoms with Gasteiger partial charge in [-0.3, -0.25) is 10.1 Å². The normalized spacial score (nSPS) is 9.63. The average molecular weight is 271 g/mol. The van der Waals surface area contributed by atoms with Gasteiger partial charge < -0.3 is 19.6 Å². The summed E-state index contributed by atoms with van der Waals surface area (Å²) in [7, 11) is 2.76. The quantitative estimate of drug-likeness (QED) is 0.596. The summed E-state index contributed by atoms with van der Waals surface area (Å²) in [6.07, 6.45) is -0.899. The van der Waals surface area contributed by atoms with E-state index in [2.05, 4.69) is 16.1 Å². The highest BCUT2D eigenvalue weighted by Gasteiger charge is 2.19. The zero-order valence-corrected chi connectivity index (χ0v) is 10.3. The number of benzene rings is 1. The second-order valence-corrected chi connectivity index (χ2v) is 3.35. The number of carbonyl (C=O) groups excluding carboxylic acids is 1. The number of nitrogens with zero attached hydrogens (tertiary/aromatic N) is 1. The van der Waals surface area contributed by atoms with Gasteiger partial charge in [-0.15, -0.1) is 0 Å². The largest absolute Gasteiger partial charge is 0.493 e. The third kappa shape index (κ3) is 3.45. The molecule has 1 aromatic rings. The van der Waals surface area contributed by atoms with Gasteiger partial charge in [0.1, 0.15) is 0 Å². The van der Waals surface area contributed by atoms with Gasteiger partial charge in [-0.05, 0) is 6.07 Å². The van der Waals surface area contributed by atoms with Gasteiger partial charge in [-0.1, -0.05) is 0 Å². The van der Waals surface area contributed by atoms with Crippen molar-refractivity contribution < 1.29 is 24.0 Å². The van der Waals surface area contributed by atoms with Crippen LogP contribution in [-0.4, -0.2) is 25.2 Å². The smallest absolute Gasteiger partial charge is 0.426 e. The van der Waals surface area contributed by atoms with Crippen molar-refractivity contribution in [2.45, 2.75) is 6.54 Å². The van der Waals surface area contributed by atoms with Crippen molar-refractivity contribution in [1.29, 1.82) is 0 Å². The number of ether oxygens (including phenoxy) is 2. The van der Waals surface area contributed by atoms with E-state index in [9.17, 15) is 14.9 Å². The Morgan fingerprint density at radius 3 is 2.42 bits per heavy atom. The van der Waals surface area contributed by atoms with Gasteiger partial charge in [-0.2, -0.15) is 5.90 Å². The molecule has 0 atom stereocenters. The Kier molecular flexibility index (Phi) is 4.89. The summed E-state index contributed by atoms with van der Waals surface area (Å²) in [6.45, 7) is -0.132. The summed E-state index contributed by atoms with van der Waals surface area (Å²) in [4.78, 5) is 25.1. The van der Waals surface area contributed by atoms with Crippen LogP contribution in [0.1, 0.15) is 5.56 Å². The van der Waals surface area contributed by atoms with Gasteiger partial charge in [0.25, 0.3) is 5.69 Å². The van der Waals surface area contributed by atoms with Crippen molar-refractivity contribution in [3.63, 3.8) is 0 Å². The Morgan fingerprint density at radius 2 is 1.95 bits per heavy atom.